The smallest absolute Gasteiger partial charge is 0.123 e. The van der Waals surface area contributed by atoms with E-state index in [1.807, 2.05) is 0 Å². The summed E-state index contributed by atoms with van der Waals surface area (Å²) >= 11 is 0. The molecule has 0 aliphatic heterocycles. The molecule has 2 N–H and O–H groups in total. The molecule has 1 aromatic rings. The van der Waals surface area contributed by atoms with E-state index in [1.54, 1.807) is 12.1 Å². The molecule has 0 aromatic heterocycles. The molecule has 3 heteroatoms. The molecule has 1 saturated carbocycles. The van der Waals surface area contributed by atoms with Crippen LogP contribution in [0.25, 0.3) is 0 Å². The van der Waals surface area contributed by atoms with Gasteiger partial charge in [-0.15, -0.1) is 0 Å². The van der Waals surface area contributed by atoms with E-state index < -0.39 is 5.60 Å². The van der Waals surface area contributed by atoms with E-state index in [-0.39, 0.29) is 5.82 Å². The maximum atomic E-state index is 12.7. The third kappa shape index (κ3) is 3.79. The predicted octanol–water partition coefficient (Wildman–Crippen LogP) is 2.61. The second-order valence-corrected chi connectivity index (χ2v) is 5.02. The van der Waals surface area contributed by atoms with Gasteiger partial charge in [0.2, 0.25) is 0 Å². The van der Waals surface area contributed by atoms with Crippen molar-refractivity contribution in [2.45, 2.75) is 44.2 Å². The van der Waals surface area contributed by atoms with Crippen molar-refractivity contribution >= 4 is 0 Å². The highest BCUT2D eigenvalue weighted by Gasteiger charge is 2.28. The van der Waals surface area contributed by atoms with Crippen LogP contribution in [0.2, 0.25) is 0 Å². The normalized spacial score (nSPS) is 19.2. The van der Waals surface area contributed by atoms with Crippen molar-refractivity contribution < 1.29 is 9.50 Å². The van der Waals surface area contributed by atoms with E-state index in [4.69, 9.17) is 0 Å². The van der Waals surface area contributed by atoms with Crippen molar-refractivity contribution in [3.05, 3.63) is 35.6 Å². The Balaban J connectivity index is 1.77. The molecule has 1 aromatic carbocycles. The van der Waals surface area contributed by atoms with Crippen LogP contribution in [0.15, 0.2) is 24.3 Å². The maximum Gasteiger partial charge on any atom is 0.123 e. The first kappa shape index (κ1) is 12.5. The van der Waals surface area contributed by atoms with Gasteiger partial charge in [0.25, 0.3) is 0 Å². The molecule has 0 bridgehead atoms. The van der Waals surface area contributed by atoms with Crippen LogP contribution >= 0.6 is 0 Å². The summed E-state index contributed by atoms with van der Waals surface area (Å²) in [7, 11) is 0. The van der Waals surface area contributed by atoms with Gasteiger partial charge < -0.3 is 10.4 Å². The summed E-state index contributed by atoms with van der Waals surface area (Å²) < 4.78 is 12.7. The van der Waals surface area contributed by atoms with Crippen LogP contribution in [0.5, 0.6) is 0 Å². The fourth-order valence-electron chi connectivity index (χ4n) is 2.43. The number of aliphatic hydroxyl groups is 1. The van der Waals surface area contributed by atoms with Crippen LogP contribution in [0.1, 0.15) is 37.7 Å². The van der Waals surface area contributed by atoms with E-state index in [2.05, 4.69) is 5.32 Å². The van der Waals surface area contributed by atoms with Gasteiger partial charge in [0.1, 0.15) is 5.82 Å². The standard InChI is InChI=1S/C14H20FNO/c15-13-6-4-12(5-7-13)10-16-11-14(17)8-2-1-3-9-14/h4-7,16-17H,1-3,8-11H2. The Morgan fingerprint density at radius 2 is 1.76 bits per heavy atom. The molecule has 1 aliphatic rings. The van der Waals surface area contributed by atoms with Gasteiger partial charge in [0, 0.05) is 13.1 Å². The van der Waals surface area contributed by atoms with Crippen molar-refractivity contribution in [2.24, 2.45) is 0 Å². The summed E-state index contributed by atoms with van der Waals surface area (Å²) in [6.07, 6.45) is 5.26. The highest BCUT2D eigenvalue weighted by molar-refractivity contribution is 5.15. The molecule has 0 radical (unpaired) electrons. The highest BCUT2D eigenvalue weighted by Crippen LogP contribution is 2.27. The van der Waals surface area contributed by atoms with Gasteiger partial charge in [-0.1, -0.05) is 31.4 Å². The summed E-state index contributed by atoms with van der Waals surface area (Å²) in [5.74, 6) is -0.209. The second-order valence-electron chi connectivity index (χ2n) is 5.02. The Morgan fingerprint density at radius 1 is 1.12 bits per heavy atom. The average Bonchev–Trinajstić information content (AvgIpc) is 2.32. The van der Waals surface area contributed by atoms with Gasteiger partial charge in [-0.2, -0.15) is 0 Å². The van der Waals surface area contributed by atoms with Crippen LogP contribution < -0.4 is 5.32 Å². The molecule has 17 heavy (non-hydrogen) atoms. The molecule has 0 amide bonds. The van der Waals surface area contributed by atoms with Gasteiger partial charge in [-0.05, 0) is 30.5 Å². The monoisotopic (exact) mass is 237 g/mol. The highest BCUT2D eigenvalue weighted by atomic mass is 19.1. The van der Waals surface area contributed by atoms with Crippen LogP contribution in [0.4, 0.5) is 4.39 Å². The Hall–Kier alpha value is -0.930. The van der Waals surface area contributed by atoms with Crippen molar-refractivity contribution in [3.63, 3.8) is 0 Å². The molecule has 2 nitrogen and oxygen atoms in total. The van der Waals surface area contributed by atoms with Gasteiger partial charge in [-0.3, -0.25) is 0 Å². The first-order valence-electron chi connectivity index (χ1n) is 6.36. The second kappa shape index (κ2) is 5.61. The minimum absolute atomic E-state index is 0.209. The molecule has 1 fully saturated rings. The number of hydrogen-bond donors (Lipinski definition) is 2. The number of benzene rings is 1. The lowest BCUT2D eigenvalue weighted by Gasteiger charge is -2.32. The lowest BCUT2D eigenvalue weighted by Crippen LogP contribution is -2.41. The predicted molar refractivity (Wildman–Crippen MR) is 66.1 cm³/mol. The van der Waals surface area contributed by atoms with Gasteiger partial charge in [-0.25, -0.2) is 4.39 Å². The van der Waals surface area contributed by atoms with Crippen molar-refractivity contribution in [1.29, 1.82) is 0 Å². The van der Waals surface area contributed by atoms with E-state index in [0.29, 0.717) is 13.1 Å². The van der Waals surface area contributed by atoms with E-state index in [0.717, 1.165) is 31.2 Å². The molecule has 0 spiro atoms. The number of hydrogen-bond acceptors (Lipinski definition) is 2. The van der Waals surface area contributed by atoms with Crippen molar-refractivity contribution in [3.8, 4) is 0 Å². The Bertz CT molecular complexity index is 344. The fourth-order valence-corrected chi connectivity index (χ4v) is 2.43. The molecular formula is C14H20FNO. The van der Waals surface area contributed by atoms with Crippen LogP contribution in [0.3, 0.4) is 0 Å². The molecule has 0 heterocycles. The minimum atomic E-state index is -0.529. The lowest BCUT2D eigenvalue weighted by atomic mass is 9.85. The van der Waals surface area contributed by atoms with Crippen molar-refractivity contribution in [2.75, 3.05) is 6.54 Å². The summed E-state index contributed by atoms with van der Waals surface area (Å²) in [5, 5.41) is 13.5. The SMILES string of the molecule is OC1(CNCc2ccc(F)cc2)CCCCC1. The molecule has 0 atom stereocenters. The summed E-state index contributed by atoms with van der Waals surface area (Å²) in [6.45, 7) is 1.31. The zero-order chi connectivity index (χ0) is 12.1. The zero-order valence-corrected chi connectivity index (χ0v) is 10.1. The van der Waals surface area contributed by atoms with Crippen LogP contribution in [-0.2, 0) is 6.54 Å². The molecule has 0 saturated heterocycles. The summed E-state index contributed by atoms with van der Waals surface area (Å²) in [6, 6.07) is 6.47. The molecule has 2 rings (SSSR count). The number of halogens is 1. The minimum Gasteiger partial charge on any atom is -0.389 e. The number of rotatable bonds is 4. The Kier molecular flexibility index (Phi) is 4.13. The fraction of sp³-hybridized carbons (Fsp3) is 0.571. The molecule has 94 valence electrons. The topological polar surface area (TPSA) is 32.3 Å². The Labute approximate surface area is 102 Å². The van der Waals surface area contributed by atoms with Gasteiger partial charge in [0.15, 0.2) is 0 Å². The van der Waals surface area contributed by atoms with Crippen molar-refractivity contribution in [1.82, 2.24) is 5.32 Å². The van der Waals surface area contributed by atoms with E-state index in [1.165, 1.54) is 18.6 Å². The Morgan fingerprint density at radius 3 is 2.41 bits per heavy atom. The largest absolute Gasteiger partial charge is 0.389 e. The molecule has 0 unspecified atom stereocenters. The summed E-state index contributed by atoms with van der Waals surface area (Å²) in [4.78, 5) is 0. The third-order valence-corrected chi connectivity index (χ3v) is 3.48. The van der Waals surface area contributed by atoms with Crippen LogP contribution in [-0.4, -0.2) is 17.3 Å². The van der Waals surface area contributed by atoms with E-state index >= 15 is 0 Å². The average molecular weight is 237 g/mol. The van der Waals surface area contributed by atoms with Crippen LogP contribution in [0, 0.1) is 5.82 Å². The third-order valence-electron chi connectivity index (χ3n) is 3.48. The molecule has 1 aliphatic carbocycles. The van der Waals surface area contributed by atoms with E-state index in [9.17, 15) is 9.50 Å². The maximum absolute atomic E-state index is 12.7. The lowest BCUT2D eigenvalue weighted by molar-refractivity contribution is 0.00467. The quantitative estimate of drug-likeness (QED) is 0.843. The number of nitrogens with one attached hydrogen (secondary N) is 1. The first-order chi connectivity index (χ1) is 8.18. The van der Waals surface area contributed by atoms with Gasteiger partial charge >= 0.3 is 0 Å². The summed E-state index contributed by atoms with van der Waals surface area (Å²) in [5.41, 5.74) is 0.518. The van der Waals surface area contributed by atoms with Gasteiger partial charge in [0.05, 0.1) is 5.60 Å². The first-order valence-corrected chi connectivity index (χ1v) is 6.36. The molecular weight excluding hydrogens is 217 g/mol. The zero-order valence-electron chi connectivity index (χ0n) is 10.1.